The molecule has 1 aliphatic carbocycles. The zero-order valence-electron chi connectivity index (χ0n) is 12.8. The number of hydrogen-bond donors (Lipinski definition) is 1. The smallest absolute Gasteiger partial charge is 0.138 e. The Morgan fingerprint density at radius 3 is 2.75 bits per heavy atom. The Balaban J connectivity index is 2.32. The van der Waals surface area contributed by atoms with E-state index in [0.29, 0.717) is 10.9 Å². The van der Waals surface area contributed by atoms with Gasteiger partial charge in [-0.05, 0) is 49.7 Å². The van der Waals surface area contributed by atoms with Crippen LogP contribution in [0.4, 0.5) is 5.82 Å². The molecule has 0 saturated heterocycles. The van der Waals surface area contributed by atoms with Crippen molar-refractivity contribution in [3.63, 3.8) is 0 Å². The van der Waals surface area contributed by atoms with Gasteiger partial charge in [-0.1, -0.05) is 26.1 Å². The van der Waals surface area contributed by atoms with Gasteiger partial charge in [0.1, 0.15) is 10.8 Å². The first-order valence-corrected chi connectivity index (χ1v) is 7.93. The van der Waals surface area contributed by atoms with E-state index < -0.39 is 0 Å². The highest BCUT2D eigenvalue weighted by Crippen LogP contribution is 2.26. The molecule has 0 unspecified atom stereocenters. The van der Waals surface area contributed by atoms with Gasteiger partial charge in [-0.2, -0.15) is 0 Å². The van der Waals surface area contributed by atoms with Crippen molar-refractivity contribution in [3.8, 4) is 0 Å². The van der Waals surface area contributed by atoms with Crippen LogP contribution in [-0.2, 0) is 12.8 Å². The number of nitrogens with two attached hydrogens (primary N) is 1. The molecule has 0 atom stereocenters. The molecule has 110 valence electrons. The van der Waals surface area contributed by atoms with Crippen LogP contribution in [0.5, 0.6) is 0 Å². The molecule has 0 radical (unpaired) electrons. The molecule has 2 N–H and O–H groups in total. The molecule has 0 aliphatic heterocycles. The number of fused-ring (bicyclic) bond motifs is 1. The molecular weight excluding hydrogens is 266 g/mol. The molecule has 0 amide bonds. The summed E-state index contributed by atoms with van der Waals surface area (Å²) in [6.45, 7) is 5.46. The van der Waals surface area contributed by atoms with Crippen molar-refractivity contribution in [2.75, 3.05) is 18.5 Å². The maximum atomic E-state index is 5.91. The first kappa shape index (κ1) is 15.2. The summed E-state index contributed by atoms with van der Waals surface area (Å²) in [4.78, 5) is 7.52. The Labute approximate surface area is 127 Å². The van der Waals surface area contributed by atoms with Crippen molar-refractivity contribution in [3.05, 3.63) is 22.9 Å². The standard InChI is InChI=1S/C16H25N3S/c1-11(2)8-9-19(3)16-13(15(17)20)10-12-6-4-5-7-14(12)18-16/h10-11H,4-9H2,1-3H3,(H2,17,20). The van der Waals surface area contributed by atoms with Crippen molar-refractivity contribution in [2.45, 2.75) is 46.0 Å². The zero-order valence-corrected chi connectivity index (χ0v) is 13.6. The highest BCUT2D eigenvalue weighted by atomic mass is 32.1. The number of rotatable bonds is 5. The summed E-state index contributed by atoms with van der Waals surface area (Å²) in [7, 11) is 2.09. The van der Waals surface area contributed by atoms with Crippen LogP contribution in [0, 0.1) is 5.92 Å². The van der Waals surface area contributed by atoms with Crippen LogP contribution in [0.25, 0.3) is 0 Å². The van der Waals surface area contributed by atoms with Gasteiger partial charge >= 0.3 is 0 Å². The molecule has 0 bridgehead atoms. The van der Waals surface area contributed by atoms with Crippen LogP contribution < -0.4 is 10.6 Å². The first-order chi connectivity index (χ1) is 9.49. The van der Waals surface area contributed by atoms with E-state index in [4.69, 9.17) is 22.9 Å². The lowest BCUT2D eigenvalue weighted by atomic mass is 9.94. The van der Waals surface area contributed by atoms with Gasteiger partial charge < -0.3 is 10.6 Å². The van der Waals surface area contributed by atoms with Gasteiger partial charge in [-0.3, -0.25) is 0 Å². The third kappa shape index (κ3) is 3.48. The lowest BCUT2D eigenvalue weighted by Crippen LogP contribution is -2.26. The van der Waals surface area contributed by atoms with Gasteiger partial charge in [0.2, 0.25) is 0 Å². The third-order valence-corrected chi connectivity index (χ3v) is 4.17. The summed E-state index contributed by atoms with van der Waals surface area (Å²) >= 11 is 5.22. The van der Waals surface area contributed by atoms with Crippen LogP contribution in [0.1, 0.15) is 49.9 Å². The second kappa shape index (κ2) is 6.53. The fourth-order valence-corrected chi connectivity index (χ4v) is 2.80. The summed E-state index contributed by atoms with van der Waals surface area (Å²) in [5, 5.41) is 0. The van der Waals surface area contributed by atoms with E-state index in [-0.39, 0.29) is 0 Å². The number of aryl methyl sites for hydroxylation is 2. The topological polar surface area (TPSA) is 42.2 Å². The Morgan fingerprint density at radius 1 is 1.40 bits per heavy atom. The maximum absolute atomic E-state index is 5.91. The summed E-state index contributed by atoms with van der Waals surface area (Å²) < 4.78 is 0. The van der Waals surface area contributed by atoms with Gasteiger partial charge in [-0.25, -0.2) is 4.98 Å². The summed E-state index contributed by atoms with van der Waals surface area (Å²) in [6.07, 6.45) is 5.81. The first-order valence-electron chi connectivity index (χ1n) is 7.52. The molecule has 0 spiro atoms. The van der Waals surface area contributed by atoms with Crippen LogP contribution in [-0.4, -0.2) is 23.6 Å². The fourth-order valence-electron chi connectivity index (χ4n) is 2.65. The van der Waals surface area contributed by atoms with E-state index in [1.807, 2.05) is 0 Å². The van der Waals surface area contributed by atoms with Gasteiger partial charge in [0.15, 0.2) is 0 Å². The molecule has 20 heavy (non-hydrogen) atoms. The molecule has 1 aliphatic rings. The molecule has 0 saturated carbocycles. The van der Waals surface area contributed by atoms with Crippen LogP contribution >= 0.6 is 12.2 Å². The number of pyridine rings is 1. The Morgan fingerprint density at radius 2 is 2.10 bits per heavy atom. The second-order valence-electron chi connectivity index (χ2n) is 6.14. The molecule has 2 rings (SSSR count). The minimum Gasteiger partial charge on any atom is -0.389 e. The fraction of sp³-hybridized carbons (Fsp3) is 0.625. The molecule has 1 aromatic heterocycles. The molecule has 1 aromatic rings. The normalized spacial score (nSPS) is 14.2. The summed E-state index contributed by atoms with van der Waals surface area (Å²) in [5.74, 6) is 1.64. The predicted molar refractivity (Wildman–Crippen MR) is 89.5 cm³/mol. The van der Waals surface area contributed by atoms with Crippen molar-refractivity contribution in [1.82, 2.24) is 4.98 Å². The quantitative estimate of drug-likeness (QED) is 0.847. The zero-order chi connectivity index (χ0) is 14.7. The van der Waals surface area contributed by atoms with E-state index in [1.54, 1.807) is 0 Å². The van der Waals surface area contributed by atoms with Crippen LogP contribution in [0.15, 0.2) is 6.07 Å². The third-order valence-electron chi connectivity index (χ3n) is 3.95. The van der Waals surface area contributed by atoms with E-state index in [0.717, 1.165) is 37.2 Å². The van der Waals surface area contributed by atoms with Crippen LogP contribution in [0.3, 0.4) is 0 Å². The van der Waals surface area contributed by atoms with Crippen molar-refractivity contribution < 1.29 is 0 Å². The number of anilines is 1. The molecule has 3 nitrogen and oxygen atoms in total. The monoisotopic (exact) mass is 291 g/mol. The van der Waals surface area contributed by atoms with Gasteiger partial charge in [0, 0.05) is 19.3 Å². The summed E-state index contributed by atoms with van der Waals surface area (Å²) in [6, 6.07) is 2.17. The van der Waals surface area contributed by atoms with E-state index >= 15 is 0 Å². The number of nitrogens with zero attached hydrogens (tertiary/aromatic N) is 2. The SMILES string of the molecule is CC(C)CCN(C)c1nc2c(cc1C(N)=S)CCCC2. The summed E-state index contributed by atoms with van der Waals surface area (Å²) in [5.41, 5.74) is 9.42. The minimum absolute atomic E-state index is 0.456. The van der Waals surface area contributed by atoms with Crippen molar-refractivity contribution >= 4 is 23.0 Å². The molecule has 4 heteroatoms. The van der Waals surface area contributed by atoms with Crippen molar-refractivity contribution in [2.24, 2.45) is 11.7 Å². The second-order valence-corrected chi connectivity index (χ2v) is 6.58. The predicted octanol–water partition coefficient (Wildman–Crippen LogP) is 3.08. The minimum atomic E-state index is 0.456. The average Bonchev–Trinajstić information content (AvgIpc) is 2.43. The lowest BCUT2D eigenvalue weighted by molar-refractivity contribution is 0.582. The Hall–Kier alpha value is -1.16. The van der Waals surface area contributed by atoms with Gasteiger partial charge in [0.05, 0.1) is 5.56 Å². The Kier molecular flexibility index (Phi) is 4.97. The van der Waals surface area contributed by atoms with E-state index in [2.05, 4.69) is 31.9 Å². The number of aromatic nitrogens is 1. The highest BCUT2D eigenvalue weighted by molar-refractivity contribution is 7.80. The molecule has 0 fully saturated rings. The lowest BCUT2D eigenvalue weighted by Gasteiger charge is -2.25. The molecule has 0 aromatic carbocycles. The highest BCUT2D eigenvalue weighted by Gasteiger charge is 2.18. The largest absolute Gasteiger partial charge is 0.389 e. The van der Waals surface area contributed by atoms with Crippen molar-refractivity contribution in [1.29, 1.82) is 0 Å². The van der Waals surface area contributed by atoms with E-state index in [9.17, 15) is 0 Å². The maximum Gasteiger partial charge on any atom is 0.138 e. The molecular formula is C16H25N3S. The molecule has 1 heterocycles. The van der Waals surface area contributed by atoms with Crippen LogP contribution in [0.2, 0.25) is 0 Å². The Bertz CT molecular complexity index is 497. The van der Waals surface area contributed by atoms with Gasteiger partial charge in [-0.15, -0.1) is 0 Å². The number of hydrogen-bond acceptors (Lipinski definition) is 3. The van der Waals surface area contributed by atoms with Gasteiger partial charge in [0.25, 0.3) is 0 Å². The number of thiocarbonyl (C=S) groups is 1. The van der Waals surface area contributed by atoms with E-state index in [1.165, 1.54) is 24.1 Å². The average molecular weight is 291 g/mol.